The second-order valence-corrected chi connectivity index (χ2v) is 10.4. The summed E-state index contributed by atoms with van der Waals surface area (Å²) < 4.78 is 35.2. The molecule has 0 aliphatic rings. The molecule has 2 aromatic rings. The van der Waals surface area contributed by atoms with Gasteiger partial charge < -0.3 is 0 Å². The highest BCUT2D eigenvalue weighted by atomic mass is 32.2. The van der Waals surface area contributed by atoms with Crippen LogP contribution in [0.3, 0.4) is 0 Å². The van der Waals surface area contributed by atoms with Gasteiger partial charge in [-0.1, -0.05) is 77.9 Å². The molecule has 4 heteroatoms. The second kappa shape index (κ2) is 9.23. The summed E-state index contributed by atoms with van der Waals surface area (Å²) in [5.41, 5.74) is 4.65. The van der Waals surface area contributed by atoms with Crippen LogP contribution in [0.5, 0.6) is 0 Å². The van der Waals surface area contributed by atoms with Gasteiger partial charge in [0, 0.05) is 0 Å². The maximum Gasteiger partial charge on any atom is 0.295 e. The SMILES string of the molecule is CC(C)Cc1cc(CC(C)C)c(S(=O)(=O)O)c(CC(C)C)c1-c1ccccc1. The third-order valence-corrected chi connectivity index (χ3v) is 5.75. The van der Waals surface area contributed by atoms with Gasteiger partial charge in [-0.15, -0.1) is 0 Å². The Morgan fingerprint density at radius 3 is 1.75 bits per heavy atom. The van der Waals surface area contributed by atoms with Crippen molar-refractivity contribution >= 4 is 10.1 Å². The van der Waals surface area contributed by atoms with Crippen molar-refractivity contribution < 1.29 is 13.0 Å². The average molecular weight is 403 g/mol. The second-order valence-electron chi connectivity index (χ2n) is 9.01. The highest BCUT2D eigenvalue weighted by Gasteiger charge is 2.27. The van der Waals surface area contributed by atoms with Gasteiger partial charge in [-0.25, -0.2) is 0 Å². The fourth-order valence-electron chi connectivity index (χ4n) is 3.93. The third-order valence-electron chi connectivity index (χ3n) is 4.73. The zero-order chi connectivity index (χ0) is 21.1. The van der Waals surface area contributed by atoms with Crippen LogP contribution in [0.25, 0.3) is 11.1 Å². The van der Waals surface area contributed by atoms with E-state index in [1.165, 1.54) is 5.56 Å². The smallest absolute Gasteiger partial charge is 0.282 e. The quantitative estimate of drug-likeness (QED) is 0.535. The topological polar surface area (TPSA) is 54.4 Å². The Labute approximate surface area is 170 Å². The first-order valence-electron chi connectivity index (χ1n) is 10.2. The van der Waals surface area contributed by atoms with Crippen LogP contribution >= 0.6 is 0 Å². The molecule has 0 bridgehead atoms. The first-order valence-corrected chi connectivity index (χ1v) is 11.6. The van der Waals surface area contributed by atoms with Gasteiger partial charge in [0.15, 0.2) is 0 Å². The summed E-state index contributed by atoms with van der Waals surface area (Å²) in [5, 5.41) is 0. The average Bonchev–Trinajstić information content (AvgIpc) is 2.52. The Bertz CT molecular complexity index is 895. The summed E-state index contributed by atoms with van der Waals surface area (Å²) in [7, 11) is -4.33. The minimum atomic E-state index is -4.33. The summed E-state index contributed by atoms with van der Waals surface area (Å²) in [6, 6.07) is 12.0. The van der Waals surface area contributed by atoms with Gasteiger partial charge in [0.2, 0.25) is 0 Å². The molecule has 0 radical (unpaired) electrons. The number of hydrogen-bond donors (Lipinski definition) is 1. The predicted molar refractivity (Wildman–Crippen MR) is 117 cm³/mol. The highest BCUT2D eigenvalue weighted by molar-refractivity contribution is 7.86. The molecule has 1 N–H and O–H groups in total. The molecular formula is C24H34O3S. The standard InChI is InChI=1S/C24H34O3S/c1-16(2)12-20-15-21(13-17(3)4)24(28(25,26)27)22(14-18(5)6)23(20)19-10-8-7-9-11-19/h7-11,15-18H,12-14H2,1-6H3,(H,25,26,27). The molecule has 0 atom stereocenters. The van der Waals surface area contributed by atoms with Crippen molar-refractivity contribution in [3.05, 3.63) is 53.1 Å². The molecule has 0 unspecified atom stereocenters. The number of benzene rings is 2. The van der Waals surface area contributed by atoms with E-state index >= 15 is 0 Å². The van der Waals surface area contributed by atoms with Crippen LogP contribution in [0.1, 0.15) is 58.2 Å². The van der Waals surface area contributed by atoms with Crippen LogP contribution in [0, 0.1) is 17.8 Å². The Balaban J connectivity index is 2.97. The van der Waals surface area contributed by atoms with E-state index < -0.39 is 10.1 Å². The molecule has 0 aliphatic heterocycles. The lowest BCUT2D eigenvalue weighted by Gasteiger charge is -2.24. The van der Waals surface area contributed by atoms with Crippen molar-refractivity contribution in [1.29, 1.82) is 0 Å². The largest absolute Gasteiger partial charge is 0.295 e. The van der Waals surface area contributed by atoms with Gasteiger partial charge in [-0.3, -0.25) is 4.55 Å². The van der Waals surface area contributed by atoms with Crippen molar-refractivity contribution in [1.82, 2.24) is 0 Å². The molecule has 154 valence electrons. The van der Waals surface area contributed by atoms with Gasteiger partial charge in [0.1, 0.15) is 4.90 Å². The molecule has 3 nitrogen and oxygen atoms in total. The lowest BCUT2D eigenvalue weighted by Crippen LogP contribution is -2.15. The van der Waals surface area contributed by atoms with Crippen LogP contribution in [0.4, 0.5) is 0 Å². The highest BCUT2D eigenvalue weighted by Crippen LogP contribution is 2.38. The zero-order valence-electron chi connectivity index (χ0n) is 18.0. The van der Waals surface area contributed by atoms with E-state index in [2.05, 4.69) is 41.5 Å². The van der Waals surface area contributed by atoms with Gasteiger partial charge >= 0.3 is 0 Å². The van der Waals surface area contributed by atoms with Gasteiger partial charge in [0.25, 0.3) is 10.1 Å². The van der Waals surface area contributed by atoms with Gasteiger partial charge in [-0.05, 0) is 64.8 Å². The molecule has 2 rings (SSSR count). The van der Waals surface area contributed by atoms with Crippen molar-refractivity contribution in [3.8, 4) is 11.1 Å². The maximum absolute atomic E-state index is 12.5. The number of rotatable bonds is 8. The van der Waals surface area contributed by atoms with Gasteiger partial charge in [-0.2, -0.15) is 8.42 Å². The number of hydrogen-bond acceptors (Lipinski definition) is 2. The van der Waals surface area contributed by atoms with E-state index in [9.17, 15) is 13.0 Å². The lowest BCUT2D eigenvalue weighted by atomic mass is 9.84. The van der Waals surface area contributed by atoms with E-state index in [0.29, 0.717) is 24.7 Å². The summed E-state index contributed by atoms with van der Waals surface area (Å²) in [4.78, 5) is 0.126. The lowest BCUT2D eigenvalue weighted by molar-refractivity contribution is 0.478. The first-order chi connectivity index (χ1) is 13.0. The fourth-order valence-corrected chi connectivity index (χ4v) is 4.90. The Hall–Kier alpha value is -1.65. The van der Waals surface area contributed by atoms with Crippen LogP contribution in [0.2, 0.25) is 0 Å². The Morgan fingerprint density at radius 2 is 1.29 bits per heavy atom. The van der Waals surface area contributed by atoms with Crippen molar-refractivity contribution in [3.63, 3.8) is 0 Å². The zero-order valence-corrected chi connectivity index (χ0v) is 18.8. The Morgan fingerprint density at radius 1 is 0.786 bits per heavy atom. The maximum atomic E-state index is 12.5. The minimum absolute atomic E-state index is 0.126. The summed E-state index contributed by atoms with van der Waals surface area (Å²) in [6.07, 6.45) is 2.10. The Kier molecular flexibility index (Phi) is 7.46. The summed E-state index contributed by atoms with van der Waals surface area (Å²) >= 11 is 0. The van der Waals surface area contributed by atoms with Crippen molar-refractivity contribution in [2.45, 2.75) is 65.7 Å². The van der Waals surface area contributed by atoms with E-state index in [0.717, 1.165) is 28.7 Å². The molecule has 0 spiro atoms. The van der Waals surface area contributed by atoms with Crippen molar-refractivity contribution in [2.75, 3.05) is 0 Å². The van der Waals surface area contributed by atoms with E-state index in [1.807, 2.05) is 36.4 Å². The minimum Gasteiger partial charge on any atom is -0.282 e. The molecule has 0 fully saturated rings. The molecule has 0 saturated heterocycles. The van der Waals surface area contributed by atoms with Crippen LogP contribution < -0.4 is 0 Å². The van der Waals surface area contributed by atoms with Crippen LogP contribution in [0.15, 0.2) is 41.3 Å². The summed E-state index contributed by atoms with van der Waals surface area (Å²) in [5.74, 6) is 1.00. The first kappa shape index (κ1) is 22.6. The van der Waals surface area contributed by atoms with Crippen LogP contribution in [-0.2, 0) is 29.4 Å². The van der Waals surface area contributed by atoms with Crippen molar-refractivity contribution in [2.24, 2.45) is 17.8 Å². The van der Waals surface area contributed by atoms with Gasteiger partial charge in [0.05, 0.1) is 0 Å². The molecule has 28 heavy (non-hydrogen) atoms. The van der Waals surface area contributed by atoms with E-state index in [-0.39, 0.29) is 10.8 Å². The van der Waals surface area contributed by atoms with E-state index in [4.69, 9.17) is 0 Å². The predicted octanol–water partition coefficient (Wildman–Crippen LogP) is 6.20. The third kappa shape index (κ3) is 5.68. The monoisotopic (exact) mass is 402 g/mol. The normalized spacial score (nSPS) is 12.4. The molecule has 0 aromatic heterocycles. The molecular weight excluding hydrogens is 368 g/mol. The molecule has 0 saturated carbocycles. The fraction of sp³-hybridized carbons (Fsp3) is 0.500. The molecule has 0 amide bonds. The summed E-state index contributed by atoms with van der Waals surface area (Å²) in [6.45, 7) is 12.7. The molecule has 0 aliphatic carbocycles. The van der Waals surface area contributed by atoms with Crippen LogP contribution in [-0.4, -0.2) is 13.0 Å². The van der Waals surface area contributed by atoms with E-state index in [1.54, 1.807) is 0 Å². The molecule has 0 heterocycles. The molecule has 2 aromatic carbocycles.